The van der Waals surface area contributed by atoms with Gasteiger partial charge in [-0.1, -0.05) is 19.8 Å². The zero-order chi connectivity index (χ0) is 13.0. The number of aromatic nitrogens is 2. The number of hydrogen-bond acceptors (Lipinski definition) is 3. The summed E-state index contributed by atoms with van der Waals surface area (Å²) in [6, 6.07) is 2.50. The number of ketones is 1. The van der Waals surface area contributed by atoms with Crippen molar-refractivity contribution in [2.45, 2.75) is 57.6 Å². The number of carbonyl (C=O) groups excluding carboxylic acids is 1. The molecule has 4 heteroatoms. The van der Waals surface area contributed by atoms with Crippen molar-refractivity contribution in [3.8, 4) is 0 Å². The second-order valence-corrected chi connectivity index (χ2v) is 5.00. The maximum atomic E-state index is 11.9. The summed E-state index contributed by atoms with van der Waals surface area (Å²) >= 11 is 0. The van der Waals surface area contributed by atoms with E-state index in [4.69, 9.17) is 4.74 Å². The Morgan fingerprint density at radius 1 is 1.56 bits per heavy atom. The third kappa shape index (κ3) is 2.99. The van der Waals surface area contributed by atoms with E-state index in [0.29, 0.717) is 12.5 Å². The van der Waals surface area contributed by atoms with E-state index < -0.39 is 0 Å². The lowest BCUT2D eigenvalue weighted by molar-refractivity contribution is -0.128. The average molecular weight is 250 g/mol. The Morgan fingerprint density at radius 3 is 2.89 bits per heavy atom. The van der Waals surface area contributed by atoms with Crippen LogP contribution in [0.4, 0.5) is 0 Å². The summed E-state index contributed by atoms with van der Waals surface area (Å²) < 4.78 is 7.19. The number of methoxy groups -OCH3 is 1. The molecule has 0 aliphatic heterocycles. The van der Waals surface area contributed by atoms with Crippen LogP contribution in [0.25, 0.3) is 0 Å². The van der Waals surface area contributed by atoms with Crippen molar-refractivity contribution in [2.24, 2.45) is 0 Å². The Hall–Kier alpha value is -1.16. The maximum Gasteiger partial charge on any atom is 0.167 e. The first-order valence-corrected chi connectivity index (χ1v) is 6.84. The van der Waals surface area contributed by atoms with Crippen LogP contribution in [0.5, 0.6) is 0 Å². The molecule has 0 amide bonds. The SMILES string of the molecule is CCC(OC)C(=O)Cc1ccn(C2CCCC2)n1. The monoisotopic (exact) mass is 250 g/mol. The standard InChI is InChI=1S/C14H22N2O2/c1-3-14(18-2)13(17)10-11-8-9-16(15-11)12-6-4-5-7-12/h8-9,12,14H,3-7,10H2,1-2H3. The first-order valence-electron chi connectivity index (χ1n) is 6.84. The van der Waals surface area contributed by atoms with Gasteiger partial charge < -0.3 is 4.74 Å². The van der Waals surface area contributed by atoms with Gasteiger partial charge in [0.25, 0.3) is 0 Å². The van der Waals surface area contributed by atoms with E-state index in [1.165, 1.54) is 25.7 Å². The number of Topliss-reactive ketones (excluding diaryl/α,β-unsaturated/α-hetero) is 1. The summed E-state index contributed by atoms with van der Waals surface area (Å²) in [5.41, 5.74) is 0.863. The number of rotatable bonds is 6. The van der Waals surface area contributed by atoms with E-state index in [9.17, 15) is 4.79 Å². The summed E-state index contributed by atoms with van der Waals surface area (Å²) in [5.74, 6) is 0.122. The lowest BCUT2D eigenvalue weighted by Gasteiger charge is -2.11. The fourth-order valence-electron chi connectivity index (χ4n) is 2.66. The summed E-state index contributed by atoms with van der Waals surface area (Å²) in [6.07, 6.45) is 7.83. The van der Waals surface area contributed by atoms with E-state index >= 15 is 0 Å². The fraction of sp³-hybridized carbons (Fsp3) is 0.714. The number of carbonyl (C=O) groups is 1. The van der Waals surface area contributed by atoms with Gasteiger partial charge in [0.15, 0.2) is 5.78 Å². The molecule has 1 fully saturated rings. The second-order valence-electron chi connectivity index (χ2n) is 5.00. The minimum atomic E-state index is -0.290. The molecule has 1 aromatic heterocycles. The second kappa shape index (κ2) is 6.14. The zero-order valence-electron chi connectivity index (χ0n) is 11.3. The number of ether oxygens (including phenoxy) is 1. The molecular formula is C14H22N2O2. The van der Waals surface area contributed by atoms with E-state index in [-0.39, 0.29) is 11.9 Å². The predicted octanol–water partition coefficient (Wildman–Crippen LogP) is 2.53. The molecule has 0 N–H and O–H groups in total. The summed E-state index contributed by atoms with van der Waals surface area (Å²) in [6.45, 7) is 1.96. The Bertz CT molecular complexity index is 390. The largest absolute Gasteiger partial charge is 0.374 e. The molecule has 1 atom stereocenters. The van der Waals surface area contributed by atoms with Gasteiger partial charge in [-0.2, -0.15) is 5.10 Å². The van der Waals surface area contributed by atoms with Crippen molar-refractivity contribution in [2.75, 3.05) is 7.11 Å². The number of hydrogen-bond donors (Lipinski definition) is 0. The van der Waals surface area contributed by atoms with Crippen LogP contribution < -0.4 is 0 Å². The highest BCUT2D eigenvalue weighted by molar-refractivity contribution is 5.84. The summed E-state index contributed by atoms with van der Waals surface area (Å²) in [4.78, 5) is 11.9. The van der Waals surface area contributed by atoms with Crippen molar-refractivity contribution in [1.82, 2.24) is 9.78 Å². The predicted molar refractivity (Wildman–Crippen MR) is 69.5 cm³/mol. The van der Waals surface area contributed by atoms with Crippen LogP contribution in [0.15, 0.2) is 12.3 Å². The summed E-state index contributed by atoms with van der Waals surface area (Å²) in [5, 5.41) is 4.52. The third-order valence-corrected chi connectivity index (χ3v) is 3.73. The van der Waals surface area contributed by atoms with E-state index in [1.54, 1.807) is 7.11 Å². The molecule has 2 rings (SSSR count). The topological polar surface area (TPSA) is 44.1 Å². The van der Waals surface area contributed by atoms with Crippen LogP contribution in [0.3, 0.4) is 0 Å². The van der Waals surface area contributed by atoms with Crippen LogP contribution in [0.1, 0.15) is 50.8 Å². The highest BCUT2D eigenvalue weighted by atomic mass is 16.5. The van der Waals surface area contributed by atoms with E-state index in [1.807, 2.05) is 23.9 Å². The maximum absolute atomic E-state index is 11.9. The highest BCUT2D eigenvalue weighted by Crippen LogP contribution is 2.28. The summed E-state index contributed by atoms with van der Waals surface area (Å²) in [7, 11) is 1.59. The molecule has 0 radical (unpaired) electrons. The Kier molecular flexibility index (Phi) is 4.53. The van der Waals surface area contributed by atoms with Gasteiger partial charge in [-0.15, -0.1) is 0 Å². The third-order valence-electron chi connectivity index (χ3n) is 3.73. The van der Waals surface area contributed by atoms with Gasteiger partial charge in [-0.25, -0.2) is 0 Å². The van der Waals surface area contributed by atoms with E-state index in [2.05, 4.69) is 5.10 Å². The molecule has 1 saturated carbocycles. The molecule has 1 aliphatic carbocycles. The Balaban J connectivity index is 1.95. The van der Waals surface area contributed by atoms with E-state index in [0.717, 1.165) is 12.1 Å². The lowest BCUT2D eigenvalue weighted by Crippen LogP contribution is -2.24. The van der Waals surface area contributed by atoms with Gasteiger partial charge >= 0.3 is 0 Å². The molecule has 0 saturated heterocycles. The van der Waals surface area contributed by atoms with Crippen LogP contribution >= 0.6 is 0 Å². The Morgan fingerprint density at radius 2 is 2.28 bits per heavy atom. The molecule has 1 aromatic rings. The molecule has 1 heterocycles. The minimum Gasteiger partial charge on any atom is -0.374 e. The molecule has 1 aliphatic rings. The molecule has 4 nitrogen and oxygen atoms in total. The number of nitrogens with zero attached hydrogens (tertiary/aromatic N) is 2. The first-order chi connectivity index (χ1) is 8.74. The Labute approximate surface area is 108 Å². The van der Waals surface area contributed by atoms with Crippen molar-refractivity contribution >= 4 is 5.78 Å². The minimum absolute atomic E-state index is 0.122. The van der Waals surface area contributed by atoms with Crippen molar-refractivity contribution < 1.29 is 9.53 Å². The van der Waals surface area contributed by atoms with Crippen molar-refractivity contribution in [3.63, 3.8) is 0 Å². The quantitative estimate of drug-likeness (QED) is 0.779. The fourth-order valence-corrected chi connectivity index (χ4v) is 2.66. The average Bonchev–Trinajstić information content (AvgIpc) is 3.00. The smallest absolute Gasteiger partial charge is 0.167 e. The molecule has 1 unspecified atom stereocenters. The van der Waals surface area contributed by atoms with Gasteiger partial charge in [0.1, 0.15) is 6.10 Å². The van der Waals surface area contributed by atoms with Crippen LogP contribution in [-0.2, 0) is 16.0 Å². The molecule has 0 aromatic carbocycles. The molecule has 18 heavy (non-hydrogen) atoms. The van der Waals surface area contributed by atoms with Crippen LogP contribution in [0.2, 0.25) is 0 Å². The van der Waals surface area contributed by atoms with Crippen LogP contribution in [-0.4, -0.2) is 28.8 Å². The van der Waals surface area contributed by atoms with Crippen molar-refractivity contribution in [1.29, 1.82) is 0 Å². The normalized spacial score (nSPS) is 18.1. The lowest BCUT2D eigenvalue weighted by atomic mass is 10.1. The molecule has 0 bridgehead atoms. The van der Waals surface area contributed by atoms with Gasteiger partial charge in [0, 0.05) is 13.3 Å². The molecule has 0 spiro atoms. The molecular weight excluding hydrogens is 228 g/mol. The molecule has 100 valence electrons. The van der Waals surface area contributed by atoms with Crippen molar-refractivity contribution in [3.05, 3.63) is 18.0 Å². The zero-order valence-corrected chi connectivity index (χ0v) is 11.3. The highest BCUT2D eigenvalue weighted by Gasteiger charge is 2.20. The van der Waals surface area contributed by atoms with Gasteiger partial charge in [0.05, 0.1) is 18.2 Å². The van der Waals surface area contributed by atoms with Gasteiger partial charge in [0.2, 0.25) is 0 Å². The van der Waals surface area contributed by atoms with Gasteiger partial charge in [-0.3, -0.25) is 9.48 Å². The first kappa shape index (κ1) is 13.3. The van der Waals surface area contributed by atoms with Gasteiger partial charge in [-0.05, 0) is 25.3 Å². The van der Waals surface area contributed by atoms with Crippen LogP contribution in [0, 0.1) is 0 Å².